The topological polar surface area (TPSA) is 84.5 Å². The van der Waals surface area contributed by atoms with E-state index in [9.17, 15) is 14.4 Å². The van der Waals surface area contributed by atoms with Gasteiger partial charge in [-0.15, -0.1) is 34.4 Å². The summed E-state index contributed by atoms with van der Waals surface area (Å²) in [6.07, 6.45) is 2.76. The summed E-state index contributed by atoms with van der Waals surface area (Å²) in [6, 6.07) is 11.0. The molecule has 2 aromatic heterocycles. The number of methoxy groups -OCH3 is 1. The van der Waals surface area contributed by atoms with Crippen LogP contribution in [0.15, 0.2) is 46.7 Å². The van der Waals surface area contributed by atoms with Crippen molar-refractivity contribution < 1.29 is 19.1 Å². The van der Waals surface area contributed by atoms with E-state index in [1.165, 1.54) is 41.5 Å². The Hall–Kier alpha value is -2.62. The van der Waals surface area contributed by atoms with E-state index in [4.69, 9.17) is 4.74 Å². The van der Waals surface area contributed by atoms with E-state index in [0.717, 1.165) is 34.6 Å². The van der Waals surface area contributed by atoms with Crippen LogP contribution in [0.5, 0.6) is 0 Å². The standard InChI is InChI=1S/C24H24N2O4S3/c1-14-8-9-17-19(11-14)33-23(21(17)24(29)30-2)26-20(27)13-32-16-6-3-5-15(12-16)25-22(28)18-7-4-10-31-18/h3-7,10,12,14H,8-9,11,13H2,1-2H3,(H,25,28)(H,26,27). The van der Waals surface area contributed by atoms with Gasteiger partial charge in [0, 0.05) is 15.5 Å². The van der Waals surface area contributed by atoms with E-state index < -0.39 is 5.97 Å². The molecule has 2 N–H and O–H groups in total. The number of hydrogen-bond acceptors (Lipinski definition) is 7. The molecule has 0 bridgehead atoms. The minimum absolute atomic E-state index is 0.156. The van der Waals surface area contributed by atoms with Gasteiger partial charge in [-0.2, -0.15) is 0 Å². The molecule has 6 nitrogen and oxygen atoms in total. The van der Waals surface area contributed by atoms with Crippen molar-refractivity contribution in [2.45, 2.75) is 31.1 Å². The first kappa shape index (κ1) is 23.5. The number of esters is 1. The van der Waals surface area contributed by atoms with Gasteiger partial charge < -0.3 is 15.4 Å². The molecule has 1 aliphatic rings. The maximum atomic E-state index is 12.7. The molecule has 4 rings (SSSR count). The zero-order chi connectivity index (χ0) is 23.4. The van der Waals surface area contributed by atoms with Crippen LogP contribution in [0, 0.1) is 5.92 Å². The lowest BCUT2D eigenvalue weighted by Gasteiger charge is -2.18. The van der Waals surface area contributed by atoms with Crippen LogP contribution in [0.1, 0.15) is 43.8 Å². The van der Waals surface area contributed by atoms with E-state index in [2.05, 4.69) is 17.6 Å². The average molecular weight is 501 g/mol. The lowest BCUT2D eigenvalue weighted by Crippen LogP contribution is -2.17. The highest BCUT2D eigenvalue weighted by Crippen LogP contribution is 2.40. The molecule has 0 radical (unpaired) electrons. The Morgan fingerprint density at radius 2 is 2.03 bits per heavy atom. The molecule has 1 unspecified atom stereocenters. The molecule has 0 spiro atoms. The van der Waals surface area contributed by atoms with Crippen LogP contribution < -0.4 is 10.6 Å². The van der Waals surface area contributed by atoms with Gasteiger partial charge in [0.1, 0.15) is 5.00 Å². The summed E-state index contributed by atoms with van der Waals surface area (Å²) in [5.41, 5.74) is 2.19. The minimum atomic E-state index is -0.404. The first-order chi connectivity index (χ1) is 15.9. The van der Waals surface area contributed by atoms with Crippen LogP contribution in [0.2, 0.25) is 0 Å². The number of carbonyl (C=O) groups is 3. The molecule has 0 aliphatic heterocycles. The highest BCUT2D eigenvalue weighted by Gasteiger charge is 2.28. The molecule has 0 saturated carbocycles. The van der Waals surface area contributed by atoms with Crippen LogP contribution in [0.25, 0.3) is 0 Å². The van der Waals surface area contributed by atoms with Crippen molar-refractivity contribution in [2.75, 3.05) is 23.5 Å². The van der Waals surface area contributed by atoms with Crippen molar-refractivity contribution in [1.29, 1.82) is 0 Å². The van der Waals surface area contributed by atoms with Crippen molar-refractivity contribution in [3.8, 4) is 0 Å². The van der Waals surface area contributed by atoms with Crippen molar-refractivity contribution >= 4 is 62.9 Å². The molecule has 0 saturated heterocycles. The monoisotopic (exact) mass is 500 g/mol. The molecular formula is C24H24N2O4S3. The largest absolute Gasteiger partial charge is 0.465 e. The fraction of sp³-hybridized carbons (Fsp3) is 0.292. The Morgan fingerprint density at radius 3 is 2.79 bits per heavy atom. The lowest BCUT2D eigenvalue weighted by atomic mass is 9.88. The van der Waals surface area contributed by atoms with Crippen LogP contribution >= 0.6 is 34.4 Å². The van der Waals surface area contributed by atoms with Crippen molar-refractivity contribution in [3.05, 3.63) is 62.7 Å². The van der Waals surface area contributed by atoms with Gasteiger partial charge in [0.05, 0.1) is 23.3 Å². The zero-order valence-corrected chi connectivity index (χ0v) is 20.8. The van der Waals surface area contributed by atoms with Gasteiger partial charge in [0.25, 0.3) is 5.91 Å². The Labute approximate surface area is 204 Å². The third-order valence-corrected chi connectivity index (χ3v) is 8.39. The maximum Gasteiger partial charge on any atom is 0.341 e. The number of ether oxygens (including phenoxy) is 1. The summed E-state index contributed by atoms with van der Waals surface area (Å²) < 4.78 is 4.99. The smallest absolute Gasteiger partial charge is 0.341 e. The summed E-state index contributed by atoms with van der Waals surface area (Å²) in [5.74, 6) is -0.00407. The fourth-order valence-electron chi connectivity index (χ4n) is 3.73. The highest BCUT2D eigenvalue weighted by atomic mass is 32.2. The number of hydrogen-bond donors (Lipinski definition) is 2. The molecule has 3 aromatic rings. The first-order valence-corrected chi connectivity index (χ1v) is 13.2. The van der Waals surface area contributed by atoms with Crippen molar-refractivity contribution in [3.63, 3.8) is 0 Å². The molecule has 1 atom stereocenters. The van der Waals surface area contributed by atoms with E-state index >= 15 is 0 Å². The highest BCUT2D eigenvalue weighted by molar-refractivity contribution is 8.00. The second kappa shape index (κ2) is 10.5. The SMILES string of the molecule is COC(=O)c1c(NC(=O)CSc2cccc(NC(=O)c3cccs3)c2)sc2c1CCC(C)C2. The molecule has 2 heterocycles. The second-order valence-electron chi connectivity index (χ2n) is 7.84. The number of amides is 2. The Kier molecular flexibility index (Phi) is 7.52. The van der Waals surface area contributed by atoms with E-state index in [1.807, 2.05) is 35.7 Å². The van der Waals surface area contributed by atoms with Gasteiger partial charge in [0.15, 0.2) is 0 Å². The van der Waals surface area contributed by atoms with Crippen LogP contribution in [-0.2, 0) is 22.4 Å². The number of rotatable bonds is 7. The Morgan fingerprint density at radius 1 is 1.18 bits per heavy atom. The average Bonchev–Trinajstić information content (AvgIpc) is 3.45. The summed E-state index contributed by atoms with van der Waals surface area (Å²) in [5, 5.41) is 8.23. The third-order valence-electron chi connectivity index (χ3n) is 5.36. The summed E-state index contributed by atoms with van der Waals surface area (Å²) in [4.78, 5) is 40.0. The fourth-order valence-corrected chi connectivity index (χ4v) is 6.52. The number of thiophene rings is 2. The quantitative estimate of drug-likeness (QED) is 0.321. The van der Waals surface area contributed by atoms with Gasteiger partial charge in [-0.25, -0.2) is 4.79 Å². The molecule has 9 heteroatoms. The number of nitrogens with one attached hydrogen (secondary N) is 2. The number of benzene rings is 1. The predicted molar refractivity (Wildman–Crippen MR) is 135 cm³/mol. The zero-order valence-electron chi connectivity index (χ0n) is 18.3. The molecular weight excluding hydrogens is 476 g/mol. The summed E-state index contributed by atoms with van der Waals surface area (Å²) >= 11 is 4.23. The molecule has 0 fully saturated rings. The maximum absolute atomic E-state index is 12.7. The number of fused-ring (bicyclic) bond motifs is 1. The summed E-state index contributed by atoms with van der Waals surface area (Å²) in [6.45, 7) is 2.20. The summed E-state index contributed by atoms with van der Waals surface area (Å²) in [7, 11) is 1.36. The number of carbonyl (C=O) groups excluding carboxylic acids is 3. The molecule has 172 valence electrons. The van der Waals surface area contributed by atoms with Crippen LogP contribution in [-0.4, -0.2) is 30.6 Å². The molecule has 2 amide bonds. The van der Waals surface area contributed by atoms with Crippen molar-refractivity contribution in [2.24, 2.45) is 5.92 Å². The molecule has 1 aromatic carbocycles. The van der Waals surface area contributed by atoms with Gasteiger partial charge >= 0.3 is 5.97 Å². The van der Waals surface area contributed by atoms with E-state index in [-0.39, 0.29) is 17.6 Å². The Balaban J connectivity index is 1.40. The lowest BCUT2D eigenvalue weighted by molar-refractivity contribution is -0.113. The van der Waals surface area contributed by atoms with E-state index in [1.54, 1.807) is 6.07 Å². The molecule has 1 aliphatic carbocycles. The molecule has 33 heavy (non-hydrogen) atoms. The third kappa shape index (κ3) is 5.66. The first-order valence-electron chi connectivity index (χ1n) is 10.5. The van der Waals surface area contributed by atoms with Gasteiger partial charge in [0.2, 0.25) is 5.91 Å². The van der Waals surface area contributed by atoms with Crippen LogP contribution in [0.4, 0.5) is 10.7 Å². The van der Waals surface area contributed by atoms with Gasteiger partial charge in [-0.1, -0.05) is 19.1 Å². The van der Waals surface area contributed by atoms with Gasteiger partial charge in [-0.05, 0) is 60.4 Å². The van der Waals surface area contributed by atoms with Crippen molar-refractivity contribution in [1.82, 2.24) is 0 Å². The normalized spacial score (nSPS) is 14.9. The van der Waals surface area contributed by atoms with Crippen LogP contribution in [0.3, 0.4) is 0 Å². The Bertz CT molecular complexity index is 1170. The second-order valence-corrected chi connectivity index (χ2v) is 10.9. The number of anilines is 2. The van der Waals surface area contributed by atoms with E-state index in [0.29, 0.717) is 27.0 Å². The predicted octanol–water partition coefficient (Wildman–Crippen LogP) is 5.70. The number of thioether (sulfide) groups is 1. The van der Waals surface area contributed by atoms with Gasteiger partial charge in [-0.3, -0.25) is 9.59 Å². The minimum Gasteiger partial charge on any atom is -0.465 e.